The van der Waals surface area contributed by atoms with E-state index in [1.54, 1.807) is 19.2 Å². The molecule has 0 N–H and O–H groups in total. The van der Waals surface area contributed by atoms with E-state index in [1.807, 2.05) is 11.0 Å². The van der Waals surface area contributed by atoms with E-state index in [0.29, 0.717) is 31.6 Å². The lowest BCUT2D eigenvalue weighted by Gasteiger charge is -2.41. The zero-order valence-electron chi connectivity index (χ0n) is 17.1. The molecule has 29 heavy (non-hydrogen) atoms. The molecule has 1 amide bonds. The standard InChI is InChI=1S/C23H26N2O4/c1-4-16-5-8-18(9-6-16)23-12-11-21(26)25(23)20-15-17(22(27)29-3)7-10-19(20)24(23)13-14-28-2/h5-10,15H,4,11-14H2,1-3H3. The first-order chi connectivity index (χ1) is 14.1. The average molecular weight is 394 g/mol. The van der Waals surface area contributed by atoms with Crippen molar-refractivity contribution in [3.8, 4) is 0 Å². The molecule has 152 valence electrons. The van der Waals surface area contributed by atoms with Gasteiger partial charge in [-0.05, 0) is 35.7 Å². The summed E-state index contributed by atoms with van der Waals surface area (Å²) in [6.45, 7) is 3.30. The summed E-state index contributed by atoms with van der Waals surface area (Å²) in [6, 6.07) is 13.9. The Balaban J connectivity index is 1.89. The largest absolute Gasteiger partial charge is 0.465 e. The number of esters is 1. The van der Waals surface area contributed by atoms with Crippen LogP contribution in [0, 0.1) is 0 Å². The number of carbonyl (C=O) groups excluding carboxylic acids is 2. The second-order valence-electron chi connectivity index (χ2n) is 7.44. The van der Waals surface area contributed by atoms with Crippen LogP contribution in [0.4, 0.5) is 11.4 Å². The van der Waals surface area contributed by atoms with E-state index in [4.69, 9.17) is 9.47 Å². The molecule has 2 heterocycles. The van der Waals surface area contributed by atoms with Crippen LogP contribution in [0.15, 0.2) is 42.5 Å². The van der Waals surface area contributed by atoms with Gasteiger partial charge in [0.25, 0.3) is 0 Å². The summed E-state index contributed by atoms with van der Waals surface area (Å²) in [5.74, 6) is -0.347. The van der Waals surface area contributed by atoms with Crippen LogP contribution in [0.5, 0.6) is 0 Å². The molecule has 0 saturated carbocycles. The number of nitrogens with zero attached hydrogens (tertiary/aromatic N) is 2. The van der Waals surface area contributed by atoms with Gasteiger partial charge < -0.3 is 14.4 Å². The van der Waals surface area contributed by atoms with Crippen molar-refractivity contribution in [1.82, 2.24) is 0 Å². The Hall–Kier alpha value is -2.86. The Morgan fingerprint density at radius 1 is 1.10 bits per heavy atom. The van der Waals surface area contributed by atoms with Crippen molar-refractivity contribution in [3.63, 3.8) is 0 Å². The molecule has 0 aromatic heterocycles. The van der Waals surface area contributed by atoms with Gasteiger partial charge in [-0.2, -0.15) is 0 Å². The monoisotopic (exact) mass is 394 g/mol. The van der Waals surface area contributed by atoms with E-state index < -0.39 is 11.6 Å². The molecule has 4 rings (SSSR count). The lowest BCUT2D eigenvalue weighted by atomic mass is 9.94. The fraction of sp³-hybridized carbons (Fsp3) is 0.391. The number of hydrogen-bond donors (Lipinski definition) is 0. The van der Waals surface area contributed by atoms with Crippen molar-refractivity contribution in [2.75, 3.05) is 37.2 Å². The summed E-state index contributed by atoms with van der Waals surface area (Å²) in [5, 5.41) is 0. The Morgan fingerprint density at radius 2 is 1.86 bits per heavy atom. The summed E-state index contributed by atoms with van der Waals surface area (Å²) >= 11 is 0. The molecular formula is C23H26N2O4. The topological polar surface area (TPSA) is 59.1 Å². The Kier molecular flexibility index (Phi) is 5.04. The lowest BCUT2D eigenvalue weighted by Crippen LogP contribution is -2.52. The van der Waals surface area contributed by atoms with Crippen molar-refractivity contribution in [1.29, 1.82) is 0 Å². The quantitative estimate of drug-likeness (QED) is 0.702. The maximum atomic E-state index is 13.0. The van der Waals surface area contributed by atoms with Gasteiger partial charge in [-0.25, -0.2) is 4.79 Å². The SMILES string of the molecule is CCc1ccc(C23CCC(=O)N2c2cc(C(=O)OC)ccc2N3CCOC)cc1. The minimum Gasteiger partial charge on any atom is -0.465 e. The smallest absolute Gasteiger partial charge is 0.337 e. The predicted molar refractivity (Wildman–Crippen MR) is 111 cm³/mol. The van der Waals surface area contributed by atoms with E-state index in [1.165, 1.54) is 12.7 Å². The summed E-state index contributed by atoms with van der Waals surface area (Å²) in [4.78, 5) is 29.3. The van der Waals surface area contributed by atoms with Crippen molar-refractivity contribution in [2.45, 2.75) is 31.8 Å². The van der Waals surface area contributed by atoms with Crippen LogP contribution >= 0.6 is 0 Å². The summed E-state index contributed by atoms with van der Waals surface area (Å²) < 4.78 is 10.3. The van der Waals surface area contributed by atoms with Crippen molar-refractivity contribution in [3.05, 3.63) is 59.2 Å². The number of fused-ring (bicyclic) bond motifs is 3. The van der Waals surface area contributed by atoms with Gasteiger partial charge >= 0.3 is 5.97 Å². The molecule has 0 radical (unpaired) electrons. The number of ether oxygens (including phenoxy) is 2. The minimum atomic E-state index is -0.598. The van der Waals surface area contributed by atoms with Crippen LogP contribution in [0.25, 0.3) is 0 Å². The molecule has 0 spiro atoms. The maximum absolute atomic E-state index is 13.0. The fourth-order valence-electron chi connectivity index (χ4n) is 4.60. The summed E-state index contributed by atoms with van der Waals surface area (Å²) in [6.07, 6.45) is 2.11. The second kappa shape index (κ2) is 7.52. The molecule has 0 bridgehead atoms. The molecule has 1 atom stereocenters. The molecule has 1 fully saturated rings. The molecule has 0 aliphatic carbocycles. The minimum absolute atomic E-state index is 0.0627. The first-order valence-corrected chi connectivity index (χ1v) is 9.98. The van der Waals surface area contributed by atoms with Crippen LogP contribution in [0.2, 0.25) is 0 Å². The zero-order chi connectivity index (χ0) is 20.6. The predicted octanol–water partition coefficient (Wildman–Crippen LogP) is 3.48. The van der Waals surface area contributed by atoms with Crippen molar-refractivity contribution >= 4 is 23.3 Å². The maximum Gasteiger partial charge on any atom is 0.337 e. The Bertz CT molecular complexity index is 940. The van der Waals surface area contributed by atoms with Gasteiger partial charge in [-0.1, -0.05) is 31.2 Å². The van der Waals surface area contributed by atoms with Crippen molar-refractivity contribution in [2.24, 2.45) is 0 Å². The fourth-order valence-corrected chi connectivity index (χ4v) is 4.60. The molecule has 6 heteroatoms. The molecule has 2 aromatic rings. The third-order valence-electron chi connectivity index (χ3n) is 6.03. The third-order valence-corrected chi connectivity index (χ3v) is 6.03. The summed E-state index contributed by atoms with van der Waals surface area (Å²) in [7, 11) is 3.04. The highest BCUT2D eigenvalue weighted by Crippen LogP contribution is 2.55. The van der Waals surface area contributed by atoms with E-state index in [2.05, 4.69) is 36.1 Å². The molecule has 2 aromatic carbocycles. The van der Waals surface area contributed by atoms with Gasteiger partial charge in [0.2, 0.25) is 5.91 Å². The van der Waals surface area contributed by atoms with Crippen LogP contribution < -0.4 is 9.80 Å². The van der Waals surface area contributed by atoms with Crippen LogP contribution in [-0.4, -0.2) is 39.2 Å². The molecule has 6 nitrogen and oxygen atoms in total. The van der Waals surface area contributed by atoms with Crippen LogP contribution in [0.1, 0.15) is 41.3 Å². The summed E-state index contributed by atoms with van der Waals surface area (Å²) in [5.41, 5.74) is 3.86. The number of carbonyl (C=O) groups is 2. The number of benzene rings is 2. The number of anilines is 2. The number of amides is 1. The highest BCUT2D eigenvalue weighted by atomic mass is 16.5. The van der Waals surface area contributed by atoms with Gasteiger partial charge in [-0.3, -0.25) is 9.69 Å². The van der Waals surface area contributed by atoms with E-state index in [9.17, 15) is 9.59 Å². The van der Waals surface area contributed by atoms with Crippen LogP contribution in [-0.2, 0) is 26.4 Å². The molecule has 1 unspecified atom stereocenters. The number of hydrogen-bond acceptors (Lipinski definition) is 5. The lowest BCUT2D eigenvalue weighted by molar-refractivity contribution is -0.117. The second-order valence-corrected chi connectivity index (χ2v) is 7.44. The van der Waals surface area contributed by atoms with E-state index >= 15 is 0 Å². The first kappa shape index (κ1) is 19.5. The first-order valence-electron chi connectivity index (χ1n) is 9.98. The number of rotatable bonds is 6. The average Bonchev–Trinajstić information content (AvgIpc) is 3.25. The Morgan fingerprint density at radius 3 is 2.52 bits per heavy atom. The Labute approximate surface area is 171 Å². The van der Waals surface area contributed by atoms with E-state index in [0.717, 1.165) is 23.4 Å². The van der Waals surface area contributed by atoms with Gasteiger partial charge in [0.1, 0.15) is 5.66 Å². The van der Waals surface area contributed by atoms with Gasteiger partial charge in [0.05, 0.1) is 30.7 Å². The number of aryl methyl sites for hydroxylation is 1. The molecule has 2 aliphatic heterocycles. The van der Waals surface area contributed by atoms with Crippen LogP contribution in [0.3, 0.4) is 0 Å². The highest BCUT2D eigenvalue weighted by molar-refractivity contribution is 6.06. The molecule has 1 saturated heterocycles. The molecular weight excluding hydrogens is 368 g/mol. The molecule has 2 aliphatic rings. The third kappa shape index (κ3) is 2.90. The number of methoxy groups -OCH3 is 2. The van der Waals surface area contributed by atoms with E-state index in [-0.39, 0.29) is 5.91 Å². The van der Waals surface area contributed by atoms with Gasteiger partial charge in [-0.15, -0.1) is 0 Å². The highest BCUT2D eigenvalue weighted by Gasteiger charge is 2.57. The normalized spacial score (nSPS) is 20.0. The zero-order valence-corrected chi connectivity index (χ0v) is 17.1. The van der Waals surface area contributed by atoms with Gasteiger partial charge in [0, 0.05) is 26.5 Å². The van der Waals surface area contributed by atoms with Gasteiger partial charge in [0.15, 0.2) is 0 Å². The van der Waals surface area contributed by atoms with Crippen molar-refractivity contribution < 1.29 is 19.1 Å².